The molecule has 2 unspecified atom stereocenters. The molecule has 1 heteroatoms. The molecule has 0 heterocycles. The van der Waals surface area contributed by atoms with Crippen molar-refractivity contribution >= 4 is 11.6 Å². The summed E-state index contributed by atoms with van der Waals surface area (Å²) in [5.74, 6) is 2.27. The van der Waals surface area contributed by atoms with E-state index < -0.39 is 0 Å². The Balaban J connectivity index is 2.49. The second kappa shape index (κ2) is 9.42. The molecule has 108 valence electrons. The summed E-state index contributed by atoms with van der Waals surface area (Å²) in [4.78, 5) is 0. The maximum Gasteiger partial charge on any atom is 0.0255 e. The van der Waals surface area contributed by atoms with Gasteiger partial charge in [0.1, 0.15) is 0 Å². The molecule has 0 bridgehead atoms. The number of hydrogen-bond acceptors (Lipinski definition) is 0. The lowest BCUT2D eigenvalue weighted by Crippen LogP contribution is -2.13. The summed E-state index contributed by atoms with van der Waals surface area (Å²) in [7, 11) is 0. The minimum atomic E-state index is 0.631. The summed E-state index contributed by atoms with van der Waals surface area (Å²) in [5, 5.41) is 0. The van der Waals surface area contributed by atoms with Crippen LogP contribution < -0.4 is 0 Å². The van der Waals surface area contributed by atoms with E-state index >= 15 is 0 Å². The van der Waals surface area contributed by atoms with Crippen molar-refractivity contribution in [1.29, 1.82) is 0 Å². The van der Waals surface area contributed by atoms with Gasteiger partial charge in [0.05, 0.1) is 0 Å². The van der Waals surface area contributed by atoms with Crippen molar-refractivity contribution in [2.45, 2.75) is 59.3 Å². The Labute approximate surface area is 124 Å². The molecule has 0 radical (unpaired) electrons. The Morgan fingerprint density at radius 1 is 1.05 bits per heavy atom. The maximum absolute atomic E-state index is 6.18. The van der Waals surface area contributed by atoms with Crippen LogP contribution in [0.4, 0.5) is 0 Å². The fraction of sp³-hybridized carbons (Fsp3) is 0.667. The lowest BCUT2D eigenvalue weighted by Gasteiger charge is -2.21. The topological polar surface area (TPSA) is 0 Å². The van der Waals surface area contributed by atoms with Crippen LogP contribution in [0.25, 0.3) is 0 Å². The zero-order valence-corrected chi connectivity index (χ0v) is 13.5. The molecule has 0 saturated heterocycles. The summed E-state index contributed by atoms with van der Waals surface area (Å²) >= 11 is 6.18. The van der Waals surface area contributed by atoms with Crippen molar-refractivity contribution in [2.24, 2.45) is 11.8 Å². The number of rotatable bonds is 9. The molecule has 0 nitrogen and oxygen atoms in total. The second-order valence-electron chi connectivity index (χ2n) is 5.86. The van der Waals surface area contributed by atoms with Crippen LogP contribution in [0, 0.1) is 18.8 Å². The highest BCUT2D eigenvalue weighted by Gasteiger charge is 2.15. The highest BCUT2D eigenvalue weighted by molar-refractivity contribution is 6.18. The van der Waals surface area contributed by atoms with Gasteiger partial charge in [-0.25, -0.2) is 0 Å². The van der Waals surface area contributed by atoms with E-state index in [4.69, 9.17) is 11.6 Å². The summed E-state index contributed by atoms with van der Waals surface area (Å²) < 4.78 is 0. The van der Waals surface area contributed by atoms with Crippen LogP contribution in [0.1, 0.15) is 57.1 Å². The van der Waals surface area contributed by atoms with Gasteiger partial charge >= 0.3 is 0 Å². The Morgan fingerprint density at radius 2 is 1.74 bits per heavy atom. The van der Waals surface area contributed by atoms with Crippen LogP contribution in [0.2, 0.25) is 0 Å². The van der Waals surface area contributed by atoms with E-state index in [9.17, 15) is 0 Å². The monoisotopic (exact) mass is 280 g/mol. The van der Waals surface area contributed by atoms with E-state index in [1.54, 1.807) is 0 Å². The van der Waals surface area contributed by atoms with Crippen LogP contribution in [0.5, 0.6) is 0 Å². The number of benzene rings is 1. The van der Waals surface area contributed by atoms with E-state index in [0.717, 1.165) is 18.2 Å². The first-order chi connectivity index (χ1) is 9.19. The van der Waals surface area contributed by atoms with Crippen molar-refractivity contribution in [3.8, 4) is 0 Å². The van der Waals surface area contributed by atoms with Gasteiger partial charge in [0, 0.05) is 5.88 Å². The first-order valence-electron chi connectivity index (χ1n) is 7.81. The van der Waals surface area contributed by atoms with E-state index in [-0.39, 0.29) is 0 Å². The largest absolute Gasteiger partial charge is 0.126 e. The normalized spacial score (nSPS) is 14.3. The zero-order chi connectivity index (χ0) is 14.1. The molecule has 0 N–H and O–H groups in total. The molecule has 0 spiro atoms. The molecule has 0 aromatic heterocycles. The van der Waals surface area contributed by atoms with Crippen LogP contribution >= 0.6 is 11.6 Å². The lowest BCUT2D eigenvalue weighted by atomic mass is 9.86. The molecule has 2 atom stereocenters. The molecule has 0 aliphatic carbocycles. The highest BCUT2D eigenvalue weighted by atomic mass is 35.5. The summed E-state index contributed by atoms with van der Waals surface area (Å²) in [6.07, 6.45) is 7.74. The summed E-state index contributed by atoms with van der Waals surface area (Å²) in [6.45, 7) is 6.73. The molecule has 0 amide bonds. The first kappa shape index (κ1) is 16.6. The molecule has 0 aliphatic rings. The average Bonchev–Trinajstić information content (AvgIpc) is 2.44. The number of aryl methyl sites for hydroxylation is 1. The standard InChI is InChI=1S/C18H29Cl/c1-4-6-7-16(5-2)12-18(14-19)13-17-10-8-15(3)9-11-17/h8-11,16,18H,4-7,12-14H2,1-3H3. The molecule has 0 aliphatic heterocycles. The molecular weight excluding hydrogens is 252 g/mol. The highest BCUT2D eigenvalue weighted by Crippen LogP contribution is 2.25. The molecule has 1 rings (SSSR count). The van der Waals surface area contributed by atoms with Gasteiger partial charge in [-0.2, -0.15) is 0 Å². The van der Waals surface area contributed by atoms with Gasteiger partial charge in [-0.05, 0) is 37.2 Å². The third-order valence-electron chi connectivity index (χ3n) is 4.07. The van der Waals surface area contributed by atoms with E-state index in [2.05, 4.69) is 45.0 Å². The second-order valence-corrected chi connectivity index (χ2v) is 6.17. The Hall–Kier alpha value is -0.490. The van der Waals surface area contributed by atoms with E-state index in [0.29, 0.717) is 5.92 Å². The molecule has 0 saturated carbocycles. The number of hydrogen-bond donors (Lipinski definition) is 0. The van der Waals surface area contributed by atoms with Gasteiger partial charge in [-0.15, -0.1) is 11.6 Å². The van der Waals surface area contributed by atoms with Crippen LogP contribution in [-0.4, -0.2) is 5.88 Å². The first-order valence-corrected chi connectivity index (χ1v) is 8.34. The Morgan fingerprint density at radius 3 is 2.26 bits per heavy atom. The molecule has 0 fully saturated rings. The SMILES string of the molecule is CCCCC(CC)CC(CCl)Cc1ccc(C)cc1. The van der Waals surface area contributed by atoms with Crippen molar-refractivity contribution in [3.05, 3.63) is 35.4 Å². The molecule has 1 aromatic carbocycles. The Bertz CT molecular complexity index is 328. The zero-order valence-electron chi connectivity index (χ0n) is 12.8. The van der Waals surface area contributed by atoms with Crippen LogP contribution in [-0.2, 0) is 6.42 Å². The smallest absolute Gasteiger partial charge is 0.0255 e. The fourth-order valence-electron chi connectivity index (χ4n) is 2.71. The lowest BCUT2D eigenvalue weighted by molar-refractivity contribution is 0.353. The van der Waals surface area contributed by atoms with Crippen LogP contribution in [0.3, 0.4) is 0 Å². The molecular formula is C18H29Cl. The van der Waals surface area contributed by atoms with Gasteiger partial charge in [0.2, 0.25) is 0 Å². The molecule has 19 heavy (non-hydrogen) atoms. The number of unbranched alkanes of at least 4 members (excludes halogenated alkanes) is 1. The number of alkyl halides is 1. The third-order valence-corrected chi connectivity index (χ3v) is 4.51. The maximum atomic E-state index is 6.18. The fourth-order valence-corrected chi connectivity index (χ4v) is 2.95. The predicted molar refractivity (Wildman–Crippen MR) is 87.0 cm³/mol. The average molecular weight is 281 g/mol. The predicted octanol–water partition coefficient (Wildman–Crippen LogP) is 6.00. The third kappa shape index (κ3) is 6.47. The Kier molecular flexibility index (Phi) is 8.21. The van der Waals surface area contributed by atoms with Gasteiger partial charge in [0.25, 0.3) is 0 Å². The van der Waals surface area contributed by atoms with Crippen LogP contribution in [0.15, 0.2) is 24.3 Å². The minimum Gasteiger partial charge on any atom is -0.126 e. The number of halogens is 1. The van der Waals surface area contributed by atoms with Crippen molar-refractivity contribution in [2.75, 3.05) is 5.88 Å². The van der Waals surface area contributed by atoms with E-state index in [1.807, 2.05) is 0 Å². The minimum absolute atomic E-state index is 0.631. The van der Waals surface area contributed by atoms with Gasteiger partial charge in [-0.1, -0.05) is 69.4 Å². The summed E-state index contributed by atoms with van der Waals surface area (Å²) in [5.41, 5.74) is 2.77. The van der Waals surface area contributed by atoms with Crippen molar-refractivity contribution < 1.29 is 0 Å². The van der Waals surface area contributed by atoms with Gasteiger partial charge < -0.3 is 0 Å². The summed E-state index contributed by atoms with van der Waals surface area (Å²) in [6, 6.07) is 8.91. The van der Waals surface area contributed by atoms with Crippen molar-refractivity contribution in [3.63, 3.8) is 0 Å². The van der Waals surface area contributed by atoms with Crippen molar-refractivity contribution in [1.82, 2.24) is 0 Å². The van der Waals surface area contributed by atoms with E-state index in [1.165, 1.54) is 43.2 Å². The molecule has 1 aromatic rings. The quantitative estimate of drug-likeness (QED) is 0.487. The van der Waals surface area contributed by atoms with Gasteiger partial charge in [0.15, 0.2) is 0 Å². The van der Waals surface area contributed by atoms with Gasteiger partial charge in [-0.3, -0.25) is 0 Å².